The maximum absolute atomic E-state index is 12.3. The smallest absolute Gasteiger partial charge is 0.422 e. The maximum Gasteiger partial charge on any atom is 0.422 e. The quantitative estimate of drug-likeness (QED) is 0.501. The predicted octanol–water partition coefficient (Wildman–Crippen LogP) is 4.95. The largest absolute Gasteiger partial charge is 0.497 e. The van der Waals surface area contributed by atoms with Gasteiger partial charge in [-0.05, 0) is 42.3 Å². The molecule has 6 nitrogen and oxygen atoms in total. The Balaban J connectivity index is 1.72. The Kier molecular flexibility index (Phi) is 7.53. The van der Waals surface area contributed by atoms with Gasteiger partial charge in [-0.1, -0.05) is 18.2 Å². The first-order chi connectivity index (χ1) is 15.3. The summed E-state index contributed by atoms with van der Waals surface area (Å²) < 4.78 is 52.2. The van der Waals surface area contributed by atoms with Gasteiger partial charge < -0.3 is 19.5 Å². The lowest BCUT2D eigenvalue weighted by Crippen LogP contribution is -2.20. The molecule has 0 unspecified atom stereocenters. The Morgan fingerprint density at radius 3 is 2.41 bits per heavy atom. The molecule has 2 aromatic carbocycles. The average Bonchev–Trinajstić information content (AvgIpc) is 2.81. The highest BCUT2D eigenvalue weighted by Crippen LogP contribution is 2.31. The Bertz CT molecular complexity index is 1030. The summed E-state index contributed by atoms with van der Waals surface area (Å²) in [6.45, 7) is 1.21. The molecule has 0 bridgehead atoms. The van der Waals surface area contributed by atoms with Crippen molar-refractivity contribution < 1.29 is 27.4 Å². The van der Waals surface area contributed by atoms with Crippen molar-refractivity contribution in [2.24, 2.45) is 0 Å². The van der Waals surface area contributed by atoms with Crippen LogP contribution in [0.1, 0.15) is 24.1 Å². The molecule has 0 aliphatic heterocycles. The zero-order valence-electron chi connectivity index (χ0n) is 17.9. The molecule has 0 aliphatic carbocycles. The molecule has 3 rings (SSSR count). The Morgan fingerprint density at radius 2 is 1.75 bits per heavy atom. The molecule has 0 fully saturated rings. The number of ether oxygens (including phenoxy) is 3. The molecule has 1 N–H and O–H groups in total. The van der Waals surface area contributed by atoms with Gasteiger partial charge in [0.1, 0.15) is 11.5 Å². The molecule has 1 aromatic heterocycles. The van der Waals surface area contributed by atoms with Crippen LogP contribution in [0.4, 0.5) is 13.2 Å². The van der Waals surface area contributed by atoms with E-state index in [2.05, 4.69) is 26.9 Å². The van der Waals surface area contributed by atoms with Gasteiger partial charge in [0, 0.05) is 36.1 Å². The van der Waals surface area contributed by atoms with E-state index in [-0.39, 0.29) is 12.1 Å². The van der Waals surface area contributed by atoms with E-state index in [4.69, 9.17) is 9.47 Å². The zero-order chi connectivity index (χ0) is 23.1. The minimum absolute atomic E-state index is 0.0871. The summed E-state index contributed by atoms with van der Waals surface area (Å²) in [6, 6.07) is 13.3. The average molecular weight is 447 g/mol. The maximum atomic E-state index is 12.3. The number of nitrogens with zero attached hydrogens (tertiary/aromatic N) is 2. The van der Waals surface area contributed by atoms with Crippen LogP contribution in [-0.2, 0) is 6.54 Å². The van der Waals surface area contributed by atoms with Gasteiger partial charge in [-0.3, -0.25) is 0 Å². The Morgan fingerprint density at radius 1 is 1.00 bits per heavy atom. The van der Waals surface area contributed by atoms with Gasteiger partial charge in [0.05, 0.1) is 14.2 Å². The van der Waals surface area contributed by atoms with Crippen LogP contribution in [0.25, 0.3) is 11.1 Å². The van der Waals surface area contributed by atoms with Crippen LogP contribution in [0.2, 0.25) is 0 Å². The molecule has 0 amide bonds. The third-order valence-corrected chi connectivity index (χ3v) is 4.77. The van der Waals surface area contributed by atoms with Crippen molar-refractivity contribution in [2.45, 2.75) is 25.7 Å². The summed E-state index contributed by atoms with van der Waals surface area (Å²) >= 11 is 0. The highest BCUT2D eigenvalue weighted by atomic mass is 19.4. The van der Waals surface area contributed by atoms with Crippen LogP contribution < -0.4 is 19.5 Å². The molecule has 170 valence electrons. The van der Waals surface area contributed by atoms with E-state index in [1.807, 2.05) is 42.5 Å². The summed E-state index contributed by atoms with van der Waals surface area (Å²) in [6.07, 6.45) is -1.63. The van der Waals surface area contributed by atoms with Crippen LogP contribution in [0, 0.1) is 0 Å². The molecule has 0 radical (unpaired) electrons. The molecular weight excluding hydrogens is 423 g/mol. The number of alkyl halides is 3. The fourth-order valence-corrected chi connectivity index (χ4v) is 3.07. The van der Waals surface area contributed by atoms with E-state index in [9.17, 15) is 13.2 Å². The number of nitrogens with one attached hydrogen (secondary N) is 1. The van der Waals surface area contributed by atoms with E-state index in [1.54, 1.807) is 14.2 Å². The zero-order valence-corrected chi connectivity index (χ0v) is 17.9. The molecule has 1 heterocycles. The third-order valence-electron chi connectivity index (χ3n) is 4.77. The van der Waals surface area contributed by atoms with Crippen molar-refractivity contribution in [1.29, 1.82) is 0 Å². The van der Waals surface area contributed by atoms with Crippen molar-refractivity contribution in [3.8, 4) is 28.6 Å². The second kappa shape index (κ2) is 10.3. The van der Waals surface area contributed by atoms with E-state index in [0.29, 0.717) is 17.9 Å². The summed E-state index contributed by atoms with van der Waals surface area (Å²) in [5.74, 6) is 1.40. The number of hydrogen-bond donors (Lipinski definition) is 1. The number of methoxy groups -OCH3 is 2. The Labute approximate surface area is 184 Å². The first kappa shape index (κ1) is 23.3. The molecule has 0 aliphatic rings. The third kappa shape index (κ3) is 6.34. The highest BCUT2D eigenvalue weighted by molar-refractivity contribution is 5.70. The topological polar surface area (TPSA) is 65.5 Å². The van der Waals surface area contributed by atoms with Crippen LogP contribution in [0.15, 0.2) is 54.9 Å². The molecule has 9 heteroatoms. The van der Waals surface area contributed by atoms with Crippen LogP contribution >= 0.6 is 0 Å². The van der Waals surface area contributed by atoms with Crippen molar-refractivity contribution in [1.82, 2.24) is 15.3 Å². The Hall–Kier alpha value is -3.33. The van der Waals surface area contributed by atoms with Gasteiger partial charge >= 0.3 is 12.2 Å². The van der Waals surface area contributed by atoms with Gasteiger partial charge in [0.15, 0.2) is 6.61 Å². The molecule has 3 aromatic rings. The van der Waals surface area contributed by atoms with Crippen molar-refractivity contribution in [3.63, 3.8) is 0 Å². The first-order valence-electron chi connectivity index (χ1n) is 9.85. The molecule has 32 heavy (non-hydrogen) atoms. The molecule has 1 atom stereocenters. The summed E-state index contributed by atoms with van der Waals surface area (Å²) in [5, 5.41) is 3.47. The fourth-order valence-electron chi connectivity index (χ4n) is 3.07. The lowest BCUT2D eigenvalue weighted by molar-refractivity contribution is -0.154. The van der Waals surface area contributed by atoms with Crippen LogP contribution in [-0.4, -0.2) is 37.0 Å². The van der Waals surface area contributed by atoms with Gasteiger partial charge in [0.2, 0.25) is 0 Å². The first-order valence-corrected chi connectivity index (χ1v) is 9.85. The second-order valence-corrected chi connectivity index (χ2v) is 7.07. The van der Waals surface area contributed by atoms with Gasteiger partial charge in [0.25, 0.3) is 0 Å². The lowest BCUT2D eigenvalue weighted by Gasteiger charge is -2.16. The summed E-state index contributed by atoms with van der Waals surface area (Å²) in [4.78, 5) is 7.75. The minimum atomic E-state index is -4.45. The lowest BCUT2D eigenvalue weighted by atomic mass is 10.0. The summed E-state index contributed by atoms with van der Waals surface area (Å²) in [7, 11) is 3.18. The van der Waals surface area contributed by atoms with E-state index < -0.39 is 12.8 Å². The SMILES string of the molecule is COc1cccc([C@@H](C)NCc2ccc(OC)c(-c3cnc(OCC(F)(F)F)nc3)c2)c1. The van der Waals surface area contributed by atoms with Crippen LogP contribution in [0.3, 0.4) is 0 Å². The van der Waals surface area contributed by atoms with Gasteiger partial charge in [-0.25, -0.2) is 9.97 Å². The van der Waals surface area contributed by atoms with Gasteiger partial charge in [-0.15, -0.1) is 0 Å². The standard InChI is InChI=1S/C23H24F3N3O3/c1-15(17-5-4-6-19(10-17)30-2)27-11-16-7-8-21(31-3)20(9-16)18-12-28-22(29-13-18)32-14-23(24,25)26/h4-10,12-13,15,27H,11,14H2,1-3H3/t15-/m1/s1. The normalized spacial score (nSPS) is 12.3. The number of aromatic nitrogens is 2. The summed E-state index contributed by atoms with van der Waals surface area (Å²) in [5.41, 5.74) is 3.42. The number of rotatable bonds is 9. The molecular formula is C23H24F3N3O3. The van der Waals surface area contributed by atoms with E-state index >= 15 is 0 Å². The molecule has 0 saturated carbocycles. The number of halogens is 3. The minimum Gasteiger partial charge on any atom is -0.497 e. The van der Waals surface area contributed by atoms with Crippen molar-refractivity contribution in [2.75, 3.05) is 20.8 Å². The monoisotopic (exact) mass is 447 g/mol. The predicted molar refractivity (Wildman–Crippen MR) is 114 cm³/mol. The number of benzene rings is 2. The molecule has 0 saturated heterocycles. The van der Waals surface area contributed by atoms with Gasteiger partial charge in [-0.2, -0.15) is 13.2 Å². The fraction of sp³-hybridized carbons (Fsp3) is 0.304. The number of hydrogen-bond acceptors (Lipinski definition) is 6. The van der Waals surface area contributed by atoms with E-state index in [1.165, 1.54) is 12.4 Å². The van der Waals surface area contributed by atoms with E-state index in [0.717, 1.165) is 22.4 Å². The van der Waals surface area contributed by atoms with Crippen molar-refractivity contribution >= 4 is 0 Å². The van der Waals surface area contributed by atoms with Crippen LogP contribution in [0.5, 0.6) is 17.5 Å². The van der Waals surface area contributed by atoms with Crippen molar-refractivity contribution in [3.05, 3.63) is 66.0 Å². The second-order valence-electron chi connectivity index (χ2n) is 7.07. The highest BCUT2D eigenvalue weighted by Gasteiger charge is 2.29. The molecule has 0 spiro atoms.